The van der Waals surface area contributed by atoms with E-state index >= 15 is 0 Å². The van der Waals surface area contributed by atoms with Crippen LogP contribution in [0.1, 0.15) is 26.7 Å². The summed E-state index contributed by atoms with van der Waals surface area (Å²) in [5.74, 6) is -0.0388. The number of carboxylic acids is 1. The van der Waals surface area contributed by atoms with Crippen LogP contribution in [0.15, 0.2) is 0 Å². The average molecular weight is 189 g/mol. The lowest BCUT2D eigenvalue weighted by atomic mass is 10.1. The molecule has 1 aliphatic rings. The summed E-state index contributed by atoms with van der Waals surface area (Å²) >= 11 is 1.73. The number of aliphatic carboxylic acids is 1. The predicted octanol–water partition coefficient (Wildman–Crippen LogP) is 1.29. The molecule has 70 valence electrons. The summed E-state index contributed by atoms with van der Waals surface area (Å²) < 4.78 is 0. The second-order valence-electron chi connectivity index (χ2n) is 3.05. The molecule has 2 N–H and O–H groups in total. The highest BCUT2D eigenvalue weighted by molar-refractivity contribution is 8.00. The Balaban J connectivity index is 2.58. The number of nitrogens with one attached hydrogen (secondary N) is 1. The van der Waals surface area contributed by atoms with Crippen molar-refractivity contribution in [2.45, 2.75) is 37.6 Å². The smallest absolute Gasteiger partial charge is 0.321 e. The second kappa shape index (κ2) is 3.66. The van der Waals surface area contributed by atoms with E-state index in [0.29, 0.717) is 5.75 Å². The third-order valence-electron chi connectivity index (χ3n) is 2.40. The van der Waals surface area contributed by atoms with Gasteiger partial charge < -0.3 is 5.11 Å². The van der Waals surface area contributed by atoms with E-state index in [4.69, 9.17) is 5.11 Å². The first-order chi connectivity index (χ1) is 5.63. The van der Waals surface area contributed by atoms with Crippen LogP contribution in [-0.4, -0.2) is 27.7 Å². The Morgan fingerprint density at radius 2 is 2.25 bits per heavy atom. The van der Waals surface area contributed by atoms with Crippen molar-refractivity contribution in [3.8, 4) is 0 Å². The van der Waals surface area contributed by atoms with Crippen molar-refractivity contribution in [2.75, 3.05) is 5.75 Å². The third kappa shape index (κ3) is 1.75. The van der Waals surface area contributed by atoms with Crippen molar-refractivity contribution >= 4 is 17.7 Å². The van der Waals surface area contributed by atoms with Crippen LogP contribution in [0, 0.1) is 0 Å². The fourth-order valence-electron chi connectivity index (χ4n) is 1.43. The molecule has 4 heteroatoms. The average Bonchev–Trinajstić information content (AvgIpc) is 2.49. The molecule has 12 heavy (non-hydrogen) atoms. The number of hydrogen-bond donors (Lipinski definition) is 2. The highest BCUT2D eigenvalue weighted by Gasteiger charge is 2.39. The van der Waals surface area contributed by atoms with Crippen molar-refractivity contribution in [3.05, 3.63) is 0 Å². The zero-order chi connectivity index (χ0) is 9.19. The number of carbonyl (C=O) groups is 1. The number of rotatable bonds is 3. The molecule has 0 radical (unpaired) electrons. The summed E-state index contributed by atoms with van der Waals surface area (Å²) in [6.45, 7) is 4.18. The Hall–Kier alpha value is -0.220. The van der Waals surface area contributed by atoms with Crippen LogP contribution in [0.2, 0.25) is 0 Å². The number of thioether (sulfide) groups is 1. The van der Waals surface area contributed by atoms with Crippen LogP contribution in [0.5, 0.6) is 0 Å². The molecular formula is C8H15NO2S. The zero-order valence-corrected chi connectivity index (χ0v) is 8.28. The molecule has 1 heterocycles. The maximum absolute atomic E-state index is 10.6. The molecule has 1 saturated heterocycles. The summed E-state index contributed by atoms with van der Waals surface area (Å²) in [6, 6.07) is -0.352. The topological polar surface area (TPSA) is 49.3 Å². The van der Waals surface area contributed by atoms with Gasteiger partial charge in [0.2, 0.25) is 0 Å². The molecule has 1 rings (SSSR count). The molecule has 0 spiro atoms. The molecule has 0 amide bonds. The Kier molecular flexibility index (Phi) is 3.01. The Morgan fingerprint density at radius 1 is 1.67 bits per heavy atom. The van der Waals surface area contributed by atoms with Crippen LogP contribution >= 0.6 is 11.8 Å². The maximum Gasteiger partial charge on any atom is 0.321 e. The first-order valence-electron chi connectivity index (χ1n) is 4.28. The highest BCUT2D eigenvalue weighted by atomic mass is 32.2. The fourth-order valence-corrected chi connectivity index (χ4v) is 2.78. The van der Waals surface area contributed by atoms with E-state index in [-0.39, 0.29) is 10.9 Å². The highest BCUT2D eigenvalue weighted by Crippen LogP contribution is 2.35. The van der Waals surface area contributed by atoms with Gasteiger partial charge in [-0.2, -0.15) is 0 Å². The van der Waals surface area contributed by atoms with Gasteiger partial charge in [-0.15, -0.1) is 11.8 Å². The van der Waals surface area contributed by atoms with Gasteiger partial charge in [0.25, 0.3) is 0 Å². The largest absolute Gasteiger partial charge is 0.480 e. The molecule has 1 fully saturated rings. The van der Waals surface area contributed by atoms with E-state index in [2.05, 4.69) is 19.2 Å². The number of hydrogen-bond acceptors (Lipinski definition) is 3. The van der Waals surface area contributed by atoms with Crippen molar-refractivity contribution in [3.63, 3.8) is 0 Å². The van der Waals surface area contributed by atoms with E-state index in [1.165, 1.54) is 0 Å². The SMILES string of the molecule is CCC1(CC)NC(C(=O)O)CS1. The Bertz CT molecular complexity index is 180. The minimum Gasteiger partial charge on any atom is -0.480 e. The predicted molar refractivity (Wildman–Crippen MR) is 50.3 cm³/mol. The van der Waals surface area contributed by atoms with Gasteiger partial charge in [0.05, 0.1) is 4.87 Å². The van der Waals surface area contributed by atoms with Gasteiger partial charge in [0.15, 0.2) is 0 Å². The van der Waals surface area contributed by atoms with Gasteiger partial charge in [0.1, 0.15) is 6.04 Å². The monoisotopic (exact) mass is 189 g/mol. The summed E-state index contributed by atoms with van der Waals surface area (Å²) in [6.07, 6.45) is 1.97. The van der Waals surface area contributed by atoms with Gasteiger partial charge in [-0.3, -0.25) is 10.1 Å². The van der Waals surface area contributed by atoms with Crippen LogP contribution in [0.3, 0.4) is 0 Å². The van der Waals surface area contributed by atoms with Gasteiger partial charge >= 0.3 is 5.97 Å². The van der Waals surface area contributed by atoms with Gasteiger partial charge in [-0.25, -0.2) is 0 Å². The molecular weight excluding hydrogens is 174 g/mol. The summed E-state index contributed by atoms with van der Waals surface area (Å²) in [5, 5.41) is 11.9. The minimum atomic E-state index is -0.730. The first-order valence-corrected chi connectivity index (χ1v) is 5.26. The lowest BCUT2D eigenvalue weighted by molar-refractivity contribution is -0.138. The molecule has 0 bridgehead atoms. The van der Waals surface area contributed by atoms with Crippen LogP contribution in [0.25, 0.3) is 0 Å². The normalized spacial score (nSPS) is 27.3. The van der Waals surface area contributed by atoms with Crippen molar-refractivity contribution < 1.29 is 9.90 Å². The molecule has 0 saturated carbocycles. The molecule has 1 aliphatic heterocycles. The van der Waals surface area contributed by atoms with Crippen LogP contribution in [-0.2, 0) is 4.79 Å². The summed E-state index contributed by atoms with van der Waals surface area (Å²) in [7, 11) is 0. The van der Waals surface area contributed by atoms with Crippen LogP contribution < -0.4 is 5.32 Å². The van der Waals surface area contributed by atoms with E-state index in [1.807, 2.05) is 0 Å². The van der Waals surface area contributed by atoms with E-state index in [0.717, 1.165) is 12.8 Å². The zero-order valence-electron chi connectivity index (χ0n) is 7.46. The minimum absolute atomic E-state index is 0.0169. The lowest BCUT2D eigenvalue weighted by Gasteiger charge is -2.25. The quantitative estimate of drug-likeness (QED) is 0.702. The third-order valence-corrected chi connectivity index (χ3v) is 4.15. The van der Waals surface area contributed by atoms with Gasteiger partial charge in [-0.1, -0.05) is 13.8 Å². The van der Waals surface area contributed by atoms with Crippen molar-refractivity contribution in [1.29, 1.82) is 0 Å². The van der Waals surface area contributed by atoms with Crippen molar-refractivity contribution in [2.24, 2.45) is 0 Å². The van der Waals surface area contributed by atoms with Crippen molar-refractivity contribution in [1.82, 2.24) is 5.32 Å². The second-order valence-corrected chi connectivity index (χ2v) is 4.45. The maximum atomic E-state index is 10.6. The molecule has 3 nitrogen and oxygen atoms in total. The molecule has 1 unspecified atom stereocenters. The van der Waals surface area contributed by atoms with E-state index in [9.17, 15) is 4.79 Å². The molecule has 0 aromatic rings. The van der Waals surface area contributed by atoms with E-state index in [1.54, 1.807) is 11.8 Å². The van der Waals surface area contributed by atoms with Gasteiger partial charge in [0, 0.05) is 5.75 Å². The summed E-state index contributed by atoms with van der Waals surface area (Å²) in [5.41, 5.74) is 0. The molecule has 1 atom stereocenters. The lowest BCUT2D eigenvalue weighted by Crippen LogP contribution is -2.44. The summed E-state index contributed by atoms with van der Waals surface area (Å²) in [4.78, 5) is 10.7. The fraction of sp³-hybridized carbons (Fsp3) is 0.875. The Morgan fingerprint density at radius 3 is 2.50 bits per heavy atom. The molecule has 0 aromatic heterocycles. The number of carboxylic acid groups (broad SMARTS) is 1. The standard InChI is InChI=1S/C8H15NO2S/c1-3-8(4-2)9-6(5-12-8)7(10)11/h6,9H,3-5H2,1-2H3,(H,10,11). The first kappa shape index (κ1) is 9.86. The molecule has 0 aromatic carbocycles. The van der Waals surface area contributed by atoms with E-state index < -0.39 is 5.97 Å². The van der Waals surface area contributed by atoms with Gasteiger partial charge in [-0.05, 0) is 12.8 Å². The molecule has 0 aliphatic carbocycles. The van der Waals surface area contributed by atoms with Crippen LogP contribution in [0.4, 0.5) is 0 Å². The Labute approximate surface area is 76.9 Å².